The van der Waals surface area contributed by atoms with Gasteiger partial charge < -0.3 is 20.4 Å². The Kier molecular flexibility index (Phi) is 8.17. The molecule has 0 radical (unpaired) electrons. The number of primary amides is 1. The second-order valence-corrected chi connectivity index (χ2v) is 5.49. The molecule has 0 aliphatic rings. The highest BCUT2D eigenvalue weighted by Crippen LogP contribution is 2.20. The van der Waals surface area contributed by atoms with Crippen LogP contribution in [0.5, 0.6) is 0 Å². The molecule has 0 aliphatic carbocycles. The number of rotatable bonds is 5. The smallest absolute Gasteiger partial charge is 0.284 e. The van der Waals surface area contributed by atoms with E-state index in [1.165, 1.54) is 12.1 Å². The minimum atomic E-state index is -0.628. The summed E-state index contributed by atoms with van der Waals surface area (Å²) in [4.78, 5) is 16.9. The summed E-state index contributed by atoms with van der Waals surface area (Å²) in [6.45, 7) is 0.547. The Bertz CT molecular complexity index is 746. The number of carbonyl (C=O) groups excluding carboxylic acids is 1. The van der Waals surface area contributed by atoms with Crippen molar-refractivity contribution >= 4 is 47.4 Å². The highest BCUT2D eigenvalue weighted by molar-refractivity contribution is 14.0. The van der Waals surface area contributed by atoms with E-state index in [-0.39, 0.29) is 42.1 Å². The first-order chi connectivity index (χ1) is 11.4. The molecular formula is C16H19ClFIN4O2. The van der Waals surface area contributed by atoms with Crippen molar-refractivity contribution in [3.63, 3.8) is 0 Å². The lowest BCUT2D eigenvalue weighted by Crippen LogP contribution is -2.38. The van der Waals surface area contributed by atoms with Gasteiger partial charge in [0.1, 0.15) is 11.6 Å². The van der Waals surface area contributed by atoms with E-state index >= 15 is 0 Å². The van der Waals surface area contributed by atoms with Crippen LogP contribution < -0.4 is 11.1 Å². The molecule has 2 rings (SSSR count). The monoisotopic (exact) mass is 480 g/mol. The predicted octanol–water partition coefficient (Wildman–Crippen LogP) is 3.00. The van der Waals surface area contributed by atoms with E-state index in [2.05, 4.69) is 10.3 Å². The molecule has 1 amide bonds. The van der Waals surface area contributed by atoms with Crippen LogP contribution in [0.4, 0.5) is 4.39 Å². The zero-order chi connectivity index (χ0) is 17.7. The lowest BCUT2D eigenvalue weighted by molar-refractivity contribution is 0.0972. The van der Waals surface area contributed by atoms with Gasteiger partial charge >= 0.3 is 0 Å². The van der Waals surface area contributed by atoms with Crippen LogP contribution in [-0.4, -0.2) is 30.9 Å². The van der Waals surface area contributed by atoms with Crippen LogP contribution in [0.15, 0.2) is 39.7 Å². The molecule has 1 aromatic carbocycles. The minimum absolute atomic E-state index is 0. The number of benzene rings is 1. The molecule has 3 N–H and O–H groups in total. The average Bonchev–Trinajstić information content (AvgIpc) is 3.01. The lowest BCUT2D eigenvalue weighted by atomic mass is 10.2. The Morgan fingerprint density at radius 1 is 1.40 bits per heavy atom. The summed E-state index contributed by atoms with van der Waals surface area (Å²) in [5.41, 5.74) is 5.53. The average molecular weight is 481 g/mol. The maximum absolute atomic E-state index is 13.9. The van der Waals surface area contributed by atoms with Crippen molar-refractivity contribution < 1.29 is 13.6 Å². The van der Waals surface area contributed by atoms with Gasteiger partial charge in [-0.2, -0.15) is 0 Å². The van der Waals surface area contributed by atoms with Crippen LogP contribution in [0.2, 0.25) is 5.02 Å². The summed E-state index contributed by atoms with van der Waals surface area (Å²) >= 11 is 6.04. The predicted molar refractivity (Wildman–Crippen MR) is 106 cm³/mol. The third-order valence-electron chi connectivity index (χ3n) is 3.36. The molecule has 0 spiro atoms. The summed E-state index contributed by atoms with van der Waals surface area (Å²) < 4.78 is 19.2. The lowest BCUT2D eigenvalue weighted by Gasteiger charge is -2.22. The summed E-state index contributed by atoms with van der Waals surface area (Å²) in [6.07, 6.45) is 0. The number of aliphatic imine (C=N–C) groups is 1. The Morgan fingerprint density at radius 3 is 2.68 bits per heavy atom. The molecule has 9 heteroatoms. The number of halogens is 3. The Hall–Kier alpha value is -1.81. The standard InChI is InChI=1S/C16H18ClFN4O2.HI/c1-20-16(21-8-10-6-7-14(24-10)15(19)23)22(2)9-11-12(17)4-3-5-13(11)18;/h3-7H,8-9H2,1-2H3,(H2,19,23)(H,20,21);1H. The molecule has 0 unspecified atom stereocenters. The second-order valence-electron chi connectivity index (χ2n) is 5.09. The maximum atomic E-state index is 13.9. The Morgan fingerprint density at radius 2 is 2.12 bits per heavy atom. The van der Waals surface area contributed by atoms with Gasteiger partial charge in [0.05, 0.1) is 6.54 Å². The first-order valence-corrected chi connectivity index (χ1v) is 7.53. The number of hydrogen-bond donors (Lipinski definition) is 2. The van der Waals surface area contributed by atoms with E-state index < -0.39 is 5.91 Å². The van der Waals surface area contributed by atoms with E-state index in [1.54, 1.807) is 37.2 Å². The Labute approximate surface area is 167 Å². The van der Waals surface area contributed by atoms with Crippen LogP contribution >= 0.6 is 35.6 Å². The maximum Gasteiger partial charge on any atom is 0.284 e. The number of hydrogen-bond acceptors (Lipinski definition) is 3. The van der Waals surface area contributed by atoms with Crippen molar-refractivity contribution in [2.24, 2.45) is 10.7 Å². The number of carbonyl (C=O) groups is 1. The fourth-order valence-corrected chi connectivity index (χ4v) is 2.37. The normalized spacial score (nSPS) is 11.0. The van der Waals surface area contributed by atoms with Crippen molar-refractivity contribution in [1.29, 1.82) is 0 Å². The molecule has 0 saturated carbocycles. The van der Waals surface area contributed by atoms with Gasteiger partial charge in [-0.05, 0) is 24.3 Å². The van der Waals surface area contributed by atoms with Gasteiger partial charge in [0.25, 0.3) is 5.91 Å². The molecule has 6 nitrogen and oxygen atoms in total. The van der Waals surface area contributed by atoms with Crippen LogP contribution in [0, 0.1) is 5.82 Å². The first kappa shape index (κ1) is 21.2. The third-order valence-corrected chi connectivity index (χ3v) is 3.71. The number of furan rings is 1. The highest BCUT2D eigenvalue weighted by atomic mass is 127. The van der Waals surface area contributed by atoms with Crippen molar-refractivity contribution in [1.82, 2.24) is 10.2 Å². The fourth-order valence-electron chi connectivity index (χ4n) is 2.15. The van der Waals surface area contributed by atoms with E-state index in [0.29, 0.717) is 28.9 Å². The molecule has 0 atom stereocenters. The van der Waals surface area contributed by atoms with Gasteiger partial charge in [0, 0.05) is 31.2 Å². The van der Waals surface area contributed by atoms with E-state index in [4.69, 9.17) is 21.8 Å². The fraction of sp³-hybridized carbons (Fsp3) is 0.250. The topological polar surface area (TPSA) is 83.9 Å². The number of nitrogens with two attached hydrogens (primary N) is 1. The summed E-state index contributed by atoms with van der Waals surface area (Å²) in [6, 6.07) is 7.71. The van der Waals surface area contributed by atoms with E-state index in [1.807, 2.05) is 0 Å². The SMILES string of the molecule is CN=C(NCc1ccc(C(N)=O)o1)N(C)Cc1c(F)cccc1Cl.I. The van der Waals surface area contributed by atoms with Crippen molar-refractivity contribution in [3.05, 3.63) is 58.3 Å². The van der Waals surface area contributed by atoms with Gasteiger partial charge in [0.2, 0.25) is 0 Å². The van der Waals surface area contributed by atoms with Crippen LogP contribution in [0.3, 0.4) is 0 Å². The number of nitrogens with zero attached hydrogens (tertiary/aromatic N) is 2. The van der Waals surface area contributed by atoms with Crippen molar-refractivity contribution in [2.45, 2.75) is 13.1 Å². The quantitative estimate of drug-likeness (QED) is 0.391. The summed E-state index contributed by atoms with van der Waals surface area (Å²) in [5, 5.41) is 3.42. The second kappa shape index (κ2) is 9.62. The molecule has 0 bridgehead atoms. The first-order valence-electron chi connectivity index (χ1n) is 7.15. The molecular weight excluding hydrogens is 462 g/mol. The third kappa shape index (κ3) is 5.60. The molecule has 0 aliphatic heterocycles. The summed E-state index contributed by atoms with van der Waals surface area (Å²) in [7, 11) is 3.37. The number of nitrogens with one attached hydrogen (secondary N) is 1. The molecule has 0 saturated heterocycles. The van der Waals surface area contributed by atoms with Crippen molar-refractivity contribution in [3.8, 4) is 0 Å². The van der Waals surface area contributed by atoms with Gasteiger partial charge in [-0.1, -0.05) is 17.7 Å². The molecule has 136 valence electrons. The molecule has 0 fully saturated rings. The molecule has 25 heavy (non-hydrogen) atoms. The Balaban J connectivity index is 0.00000312. The molecule has 1 aromatic heterocycles. The van der Waals surface area contributed by atoms with Gasteiger partial charge in [0.15, 0.2) is 11.7 Å². The number of amides is 1. The van der Waals surface area contributed by atoms with Gasteiger partial charge in [-0.3, -0.25) is 9.79 Å². The highest BCUT2D eigenvalue weighted by Gasteiger charge is 2.13. The van der Waals surface area contributed by atoms with Gasteiger partial charge in [-0.25, -0.2) is 4.39 Å². The number of guanidine groups is 1. The van der Waals surface area contributed by atoms with Crippen LogP contribution in [0.1, 0.15) is 21.9 Å². The molecule has 2 aromatic rings. The van der Waals surface area contributed by atoms with Crippen LogP contribution in [-0.2, 0) is 13.1 Å². The zero-order valence-electron chi connectivity index (χ0n) is 13.8. The van der Waals surface area contributed by atoms with Crippen LogP contribution in [0.25, 0.3) is 0 Å². The summed E-state index contributed by atoms with van der Waals surface area (Å²) in [5.74, 6) is 0.140. The van der Waals surface area contributed by atoms with Crippen molar-refractivity contribution in [2.75, 3.05) is 14.1 Å². The largest absolute Gasteiger partial charge is 0.454 e. The zero-order valence-corrected chi connectivity index (χ0v) is 16.8. The minimum Gasteiger partial charge on any atom is -0.454 e. The van der Waals surface area contributed by atoms with E-state index in [9.17, 15) is 9.18 Å². The van der Waals surface area contributed by atoms with E-state index in [0.717, 1.165) is 0 Å². The van der Waals surface area contributed by atoms with Gasteiger partial charge in [-0.15, -0.1) is 24.0 Å². The molecule has 1 heterocycles.